The number of aliphatic hydroxyl groups is 1. The molecule has 70 heavy (non-hydrogen) atoms. The van der Waals surface area contributed by atoms with Gasteiger partial charge < -0.3 is 29.7 Å². The summed E-state index contributed by atoms with van der Waals surface area (Å²) >= 11 is 19.9. The fourth-order valence-electron chi connectivity index (χ4n) is 8.22. The highest BCUT2D eigenvalue weighted by Gasteiger charge is 2.47. The molecule has 2 aromatic carbocycles. The summed E-state index contributed by atoms with van der Waals surface area (Å²) in [5.41, 5.74) is 2.58. The standard InChI is InChI=1S/C56H68Cl3N5O6/c1-4-5-6-7-8-9-10-11-12-13-14-15-16-17-18-19-20-21-22-26-51(65)60-31-33-68-34-32-61-55(66)49-36-50(64(62-49)40(2)3)42-37-56(67,38-42)45-30-29-43(35-48(45)59)69-39-44-53(63-70-54(44)41-27-28-41)52-46(57)24-23-25-47(52)58/h5-6,8-9,11-12,14-15,17-18,20-21,23-25,29-30,35-36,40-42,67H,4,7,10,13,16,19,22,26-28,31-34,37-39H2,1-3H3,(H,60,65)(H,61,66)/b6-5-,9-8-,12-11-,15-14-,18-17-,21-20-. The fourth-order valence-corrected chi connectivity index (χ4v) is 9.15. The highest BCUT2D eigenvalue weighted by atomic mass is 35.5. The first kappa shape index (κ1) is 54.2. The first-order valence-electron chi connectivity index (χ1n) is 24.7. The van der Waals surface area contributed by atoms with Crippen LogP contribution in [0.5, 0.6) is 5.75 Å². The highest BCUT2D eigenvalue weighted by molar-refractivity contribution is 6.39. The number of carbonyl (C=O) groups excluding carboxylic acids is 2. The van der Waals surface area contributed by atoms with Crippen LogP contribution in [0.4, 0.5) is 0 Å². The quantitative estimate of drug-likeness (QED) is 0.0361. The molecule has 0 atom stereocenters. The molecule has 2 aliphatic rings. The van der Waals surface area contributed by atoms with Gasteiger partial charge in [0.2, 0.25) is 5.91 Å². The normalized spacial score (nSPS) is 17.4. The summed E-state index contributed by atoms with van der Waals surface area (Å²) in [6.07, 6.45) is 35.7. The summed E-state index contributed by atoms with van der Waals surface area (Å²) < 4.78 is 19.5. The molecule has 0 radical (unpaired) electrons. The van der Waals surface area contributed by atoms with Crippen molar-refractivity contribution in [3.05, 3.63) is 159 Å². The van der Waals surface area contributed by atoms with Crippen LogP contribution in [0.15, 0.2) is 120 Å². The number of hydrogen-bond acceptors (Lipinski definition) is 8. The van der Waals surface area contributed by atoms with Crippen molar-refractivity contribution in [2.24, 2.45) is 0 Å². The third-order valence-electron chi connectivity index (χ3n) is 12.1. The molecule has 2 saturated carbocycles. The Morgan fingerprint density at radius 2 is 1.41 bits per heavy atom. The molecule has 0 spiro atoms. The number of amides is 2. The minimum absolute atomic E-state index is 0.00487. The van der Waals surface area contributed by atoms with Crippen LogP contribution in [0.2, 0.25) is 15.1 Å². The van der Waals surface area contributed by atoms with Crippen molar-refractivity contribution < 1.29 is 28.7 Å². The van der Waals surface area contributed by atoms with Crippen LogP contribution in [-0.2, 0) is 21.7 Å². The van der Waals surface area contributed by atoms with Gasteiger partial charge in [-0.3, -0.25) is 14.3 Å². The summed E-state index contributed by atoms with van der Waals surface area (Å²) in [4.78, 5) is 25.4. The lowest BCUT2D eigenvalue weighted by molar-refractivity contribution is -0.121. The molecule has 11 nitrogen and oxygen atoms in total. The number of ether oxygens (including phenoxy) is 2. The largest absolute Gasteiger partial charge is 0.489 e. The number of hydrogen-bond donors (Lipinski definition) is 3. The molecule has 0 aliphatic heterocycles. The topological polar surface area (TPSA) is 141 Å². The van der Waals surface area contributed by atoms with E-state index in [1.807, 2.05) is 24.6 Å². The maximum atomic E-state index is 13.2. The van der Waals surface area contributed by atoms with Gasteiger partial charge in [0.05, 0.1) is 39.4 Å². The second kappa shape index (κ2) is 28.0. The third-order valence-corrected chi connectivity index (χ3v) is 13.0. The molecule has 3 N–H and O–H groups in total. The Morgan fingerprint density at radius 1 is 0.814 bits per heavy atom. The van der Waals surface area contributed by atoms with Gasteiger partial charge in [-0.2, -0.15) is 5.10 Å². The van der Waals surface area contributed by atoms with E-state index in [1.54, 1.807) is 42.5 Å². The van der Waals surface area contributed by atoms with Crippen molar-refractivity contribution >= 4 is 46.6 Å². The zero-order valence-electron chi connectivity index (χ0n) is 40.7. The number of nitrogens with zero attached hydrogens (tertiary/aromatic N) is 3. The van der Waals surface area contributed by atoms with Crippen LogP contribution < -0.4 is 15.4 Å². The van der Waals surface area contributed by atoms with Gasteiger partial charge in [0.25, 0.3) is 5.91 Å². The van der Waals surface area contributed by atoms with Crippen LogP contribution in [0.25, 0.3) is 11.3 Å². The maximum Gasteiger partial charge on any atom is 0.271 e. The first-order chi connectivity index (χ1) is 34.0. The van der Waals surface area contributed by atoms with E-state index in [2.05, 4.69) is 94.6 Å². The molecular formula is C56H68Cl3N5O6. The number of halogens is 3. The average molecular weight is 1010 g/mol. The first-order valence-corrected chi connectivity index (χ1v) is 25.8. The summed E-state index contributed by atoms with van der Waals surface area (Å²) in [6, 6.07) is 12.4. The molecule has 6 rings (SSSR count). The minimum Gasteiger partial charge on any atom is -0.489 e. The molecule has 2 aliphatic carbocycles. The molecule has 4 aromatic rings. The average Bonchev–Trinajstić information content (AvgIpc) is 3.93. The van der Waals surface area contributed by atoms with Crippen molar-refractivity contribution in [3.63, 3.8) is 0 Å². The summed E-state index contributed by atoms with van der Waals surface area (Å²) in [5, 5.41) is 27.9. The monoisotopic (exact) mass is 1010 g/mol. The number of aromatic nitrogens is 3. The van der Waals surface area contributed by atoms with Gasteiger partial charge in [0.1, 0.15) is 29.5 Å². The minimum atomic E-state index is -1.16. The van der Waals surface area contributed by atoms with E-state index in [0.29, 0.717) is 88.8 Å². The molecule has 0 unspecified atom stereocenters. The van der Waals surface area contributed by atoms with Gasteiger partial charge >= 0.3 is 0 Å². The second-order valence-corrected chi connectivity index (χ2v) is 19.2. The Balaban J connectivity index is 0.850. The van der Waals surface area contributed by atoms with Crippen LogP contribution in [-0.4, -0.2) is 58.2 Å². The zero-order valence-corrected chi connectivity index (χ0v) is 43.0. The highest BCUT2D eigenvalue weighted by Crippen LogP contribution is 2.53. The number of nitrogens with one attached hydrogen (secondary N) is 2. The molecule has 14 heteroatoms. The Morgan fingerprint density at radius 3 is 2.00 bits per heavy atom. The lowest BCUT2D eigenvalue weighted by atomic mass is 9.66. The summed E-state index contributed by atoms with van der Waals surface area (Å²) in [7, 11) is 0. The third kappa shape index (κ3) is 16.2. The number of allylic oxidation sites excluding steroid dienone is 12. The molecule has 2 fully saturated rings. The van der Waals surface area contributed by atoms with Gasteiger partial charge in [-0.25, -0.2) is 0 Å². The number of carbonyl (C=O) groups is 2. The van der Waals surface area contributed by atoms with Crippen molar-refractivity contribution in [1.82, 2.24) is 25.6 Å². The predicted octanol–water partition coefficient (Wildman–Crippen LogP) is 13.6. The molecule has 0 bridgehead atoms. The molecular weight excluding hydrogens is 945 g/mol. The molecule has 0 saturated heterocycles. The SMILES string of the molecule is CC/C=C\C/C=C\C/C=C\C/C=C\C/C=C\C/C=C\CCC(=O)NCCOCCNC(=O)c1cc(C2CC(O)(c3ccc(OCc4c(-c5c(Cl)cccc5Cl)noc4C4CC4)cc3Cl)C2)n(C(C)C)n1. The number of benzene rings is 2. The van der Waals surface area contributed by atoms with E-state index in [9.17, 15) is 14.7 Å². The van der Waals surface area contributed by atoms with Crippen molar-refractivity contribution in [3.8, 4) is 17.0 Å². The molecule has 2 aromatic heterocycles. The van der Waals surface area contributed by atoms with Gasteiger partial charge in [0.15, 0.2) is 0 Å². The smallest absolute Gasteiger partial charge is 0.271 e. The Bertz CT molecular complexity index is 2490. The Hall–Kier alpha value is -5.17. The van der Waals surface area contributed by atoms with E-state index in [4.69, 9.17) is 48.8 Å². The maximum absolute atomic E-state index is 13.2. The van der Waals surface area contributed by atoms with Gasteiger partial charge in [-0.05, 0) is 115 Å². The Labute approximate surface area is 428 Å². The van der Waals surface area contributed by atoms with Gasteiger partial charge in [-0.1, -0.05) is 132 Å². The van der Waals surface area contributed by atoms with E-state index < -0.39 is 5.60 Å². The van der Waals surface area contributed by atoms with E-state index >= 15 is 0 Å². The second-order valence-electron chi connectivity index (χ2n) is 18.0. The lowest BCUT2D eigenvalue weighted by Gasteiger charge is -2.44. The van der Waals surface area contributed by atoms with Crippen molar-refractivity contribution in [2.75, 3.05) is 26.3 Å². The van der Waals surface area contributed by atoms with Crippen molar-refractivity contribution in [1.29, 1.82) is 0 Å². The van der Waals surface area contributed by atoms with E-state index in [-0.39, 0.29) is 42.8 Å². The molecule has 2 amide bonds. The van der Waals surface area contributed by atoms with Crippen molar-refractivity contribution in [2.45, 2.75) is 128 Å². The van der Waals surface area contributed by atoms with Crippen LogP contribution in [0.1, 0.15) is 149 Å². The lowest BCUT2D eigenvalue weighted by Crippen LogP contribution is -2.41. The van der Waals surface area contributed by atoms with Crippen LogP contribution >= 0.6 is 34.8 Å². The van der Waals surface area contributed by atoms with E-state index in [1.165, 1.54) is 0 Å². The summed E-state index contributed by atoms with van der Waals surface area (Å²) in [6.45, 7) is 7.64. The van der Waals surface area contributed by atoms with E-state index in [0.717, 1.165) is 68.4 Å². The molecule has 374 valence electrons. The fraction of sp³-hybridized carbons (Fsp3) is 0.429. The molecule has 2 heterocycles. The Kier molecular flexibility index (Phi) is 21.7. The zero-order chi connectivity index (χ0) is 49.7. The van der Waals surface area contributed by atoms with Crippen LogP contribution in [0, 0.1) is 0 Å². The van der Waals surface area contributed by atoms with Gasteiger partial charge in [-0.15, -0.1) is 0 Å². The predicted molar refractivity (Wildman–Crippen MR) is 282 cm³/mol. The number of rotatable bonds is 29. The van der Waals surface area contributed by atoms with Crippen LogP contribution in [0.3, 0.4) is 0 Å². The van der Waals surface area contributed by atoms with Gasteiger partial charge in [0, 0.05) is 54.2 Å². The summed E-state index contributed by atoms with van der Waals surface area (Å²) in [5.74, 6) is 1.21.